The van der Waals surface area contributed by atoms with E-state index in [4.69, 9.17) is 9.47 Å². The average molecular weight is 525 g/mol. The first-order valence-corrected chi connectivity index (χ1v) is 12.7. The minimum absolute atomic E-state index is 0.0641. The molecule has 11 heteroatoms. The summed E-state index contributed by atoms with van der Waals surface area (Å²) in [5.74, 6) is -1.02. The highest BCUT2D eigenvalue weighted by molar-refractivity contribution is 7.11. The molecule has 0 saturated carbocycles. The molecule has 2 aliphatic rings. The third-order valence-electron chi connectivity index (χ3n) is 6.49. The van der Waals surface area contributed by atoms with Crippen molar-refractivity contribution >= 4 is 40.4 Å². The number of halogens is 1. The fraction of sp³-hybridized carbons (Fsp3) is 0.308. The number of likely N-dealkylation sites (N-methyl/N-ethyl adjacent to an activating group) is 1. The van der Waals surface area contributed by atoms with Crippen LogP contribution in [0.25, 0.3) is 0 Å². The fourth-order valence-corrected chi connectivity index (χ4v) is 5.11. The standard InChI is InChI=1S/C26H25FN4O5S/c1-31-20-8-7-16(11-24(32)30-19-5-3-2-4-18(19)27)36-22(20)13-35-21-9-6-15(10-17(21)26(31)34)29-25(33)23-12-28-14-37-23/h2-6,9-10,12,14,16,20,22H,7-8,11,13H2,1H3,(H,29,33)(H,30,32)/t16-,20+,22-/m1/s1. The van der Waals surface area contributed by atoms with Crippen LogP contribution in [-0.4, -0.2) is 59.5 Å². The molecule has 9 nitrogen and oxygen atoms in total. The van der Waals surface area contributed by atoms with Crippen molar-refractivity contribution < 1.29 is 28.2 Å². The van der Waals surface area contributed by atoms with E-state index in [-0.39, 0.29) is 48.6 Å². The van der Waals surface area contributed by atoms with E-state index in [0.29, 0.717) is 34.7 Å². The zero-order valence-electron chi connectivity index (χ0n) is 20.0. The van der Waals surface area contributed by atoms with E-state index >= 15 is 0 Å². The second kappa shape index (κ2) is 10.7. The van der Waals surface area contributed by atoms with E-state index in [0.717, 1.165) is 0 Å². The summed E-state index contributed by atoms with van der Waals surface area (Å²) in [5.41, 5.74) is 2.51. The number of fused-ring (bicyclic) bond motifs is 2. The lowest BCUT2D eigenvalue weighted by Crippen LogP contribution is -2.53. The number of thiazole rings is 1. The van der Waals surface area contributed by atoms with Gasteiger partial charge in [-0.3, -0.25) is 19.4 Å². The molecule has 0 spiro atoms. The summed E-state index contributed by atoms with van der Waals surface area (Å²) in [7, 11) is 1.71. The van der Waals surface area contributed by atoms with Crippen LogP contribution in [-0.2, 0) is 9.53 Å². The Morgan fingerprint density at radius 3 is 2.81 bits per heavy atom. The number of aromatic nitrogens is 1. The van der Waals surface area contributed by atoms with Crippen molar-refractivity contribution in [3.8, 4) is 5.75 Å². The van der Waals surface area contributed by atoms with Crippen LogP contribution in [0.5, 0.6) is 5.75 Å². The summed E-state index contributed by atoms with van der Waals surface area (Å²) < 4.78 is 26.0. The molecule has 0 aliphatic carbocycles. The second-order valence-electron chi connectivity index (χ2n) is 8.93. The van der Waals surface area contributed by atoms with Crippen LogP contribution in [0.1, 0.15) is 39.3 Å². The number of carbonyl (C=O) groups is 3. The molecule has 0 bridgehead atoms. The number of hydrogen-bond donors (Lipinski definition) is 2. The van der Waals surface area contributed by atoms with Crippen LogP contribution in [0, 0.1) is 5.82 Å². The Hall–Kier alpha value is -3.83. The zero-order valence-corrected chi connectivity index (χ0v) is 20.8. The van der Waals surface area contributed by atoms with Crippen LogP contribution in [0.15, 0.2) is 54.2 Å². The summed E-state index contributed by atoms with van der Waals surface area (Å²) in [6, 6.07) is 10.7. The first-order chi connectivity index (χ1) is 17.9. The molecule has 1 fully saturated rings. The van der Waals surface area contributed by atoms with E-state index in [2.05, 4.69) is 15.6 Å². The smallest absolute Gasteiger partial charge is 0.267 e. The van der Waals surface area contributed by atoms with Crippen LogP contribution in [0.2, 0.25) is 0 Å². The second-order valence-corrected chi connectivity index (χ2v) is 9.82. The Morgan fingerprint density at radius 1 is 1.19 bits per heavy atom. The highest BCUT2D eigenvalue weighted by Gasteiger charge is 2.39. The summed E-state index contributed by atoms with van der Waals surface area (Å²) >= 11 is 1.22. The lowest BCUT2D eigenvalue weighted by Gasteiger charge is -2.42. The molecule has 1 aromatic heterocycles. The Kier molecular flexibility index (Phi) is 7.15. The molecular weight excluding hydrogens is 499 g/mol. The normalized spacial score (nSPS) is 21.1. The van der Waals surface area contributed by atoms with Gasteiger partial charge in [0.05, 0.1) is 41.5 Å². The Labute approximate surface area is 216 Å². The van der Waals surface area contributed by atoms with Crippen molar-refractivity contribution in [2.45, 2.75) is 37.5 Å². The maximum atomic E-state index is 13.9. The lowest BCUT2D eigenvalue weighted by atomic mass is 9.94. The summed E-state index contributed by atoms with van der Waals surface area (Å²) in [5, 5.41) is 5.37. The molecule has 3 heterocycles. The molecule has 0 unspecified atom stereocenters. The number of benzene rings is 2. The predicted molar refractivity (Wildman–Crippen MR) is 135 cm³/mol. The number of amides is 3. The highest BCUT2D eigenvalue weighted by Crippen LogP contribution is 2.33. The number of hydrogen-bond acceptors (Lipinski definition) is 7. The molecule has 2 N–H and O–H groups in total. The SMILES string of the molecule is CN1C(=O)c2cc(NC(=O)c3cncs3)ccc2OC[C@H]2O[C@@H](CC(=O)Nc3ccccc3F)CC[C@@H]21. The molecule has 2 aliphatic heterocycles. The van der Waals surface area contributed by atoms with Gasteiger partial charge in [-0.2, -0.15) is 0 Å². The molecule has 2 aromatic carbocycles. The van der Waals surface area contributed by atoms with Crippen LogP contribution < -0.4 is 15.4 Å². The van der Waals surface area contributed by atoms with Gasteiger partial charge in [0.2, 0.25) is 5.91 Å². The Balaban J connectivity index is 1.25. The Morgan fingerprint density at radius 2 is 2.03 bits per heavy atom. The molecular formula is C26H25FN4O5S. The van der Waals surface area contributed by atoms with Gasteiger partial charge in [-0.1, -0.05) is 12.1 Å². The quantitative estimate of drug-likeness (QED) is 0.523. The number of nitrogens with one attached hydrogen (secondary N) is 2. The number of carbonyl (C=O) groups excluding carboxylic acids is 3. The van der Waals surface area contributed by atoms with E-state index in [9.17, 15) is 18.8 Å². The lowest BCUT2D eigenvalue weighted by molar-refractivity contribution is -0.130. The minimum Gasteiger partial charge on any atom is -0.490 e. The molecule has 3 aromatic rings. The van der Waals surface area contributed by atoms with Crippen LogP contribution in [0.3, 0.4) is 0 Å². The van der Waals surface area contributed by atoms with Gasteiger partial charge in [-0.15, -0.1) is 11.3 Å². The van der Waals surface area contributed by atoms with E-state index in [1.54, 1.807) is 47.8 Å². The molecule has 0 radical (unpaired) electrons. The van der Waals surface area contributed by atoms with E-state index in [1.807, 2.05) is 0 Å². The molecule has 3 amide bonds. The van der Waals surface area contributed by atoms with Gasteiger partial charge in [-0.05, 0) is 43.2 Å². The van der Waals surface area contributed by atoms with Gasteiger partial charge in [0.25, 0.3) is 11.8 Å². The third kappa shape index (κ3) is 5.47. The van der Waals surface area contributed by atoms with Gasteiger partial charge >= 0.3 is 0 Å². The summed E-state index contributed by atoms with van der Waals surface area (Å²) in [4.78, 5) is 44.3. The van der Waals surface area contributed by atoms with Gasteiger partial charge in [0.15, 0.2) is 0 Å². The van der Waals surface area contributed by atoms with Gasteiger partial charge < -0.3 is 25.0 Å². The number of rotatable bonds is 5. The first kappa shape index (κ1) is 24.8. The van der Waals surface area contributed by atoms with Crippen molar-refractivity contribution in [2.75, 3.05) is 24.3 Å². The number of anilines is 2. The molecule has 3 atom stereocenters. The molecule has 37 heavy (non-hydrogen) atoms. The van der Waals surface area contributed by atoms with Crippen molar-refractivity contribution in [2.24, 2.45) is 0 Å². The van der Waals surface area contributed by atoms with Gasteiger partial charge in [0, 0.05) is 12.7 Å². The molecule has 192 valence electrons. The van der Waals surface area contributed by atoms with Crippen LogP contribution in [0.4, 0.5) is 15.8 Å². The average Bonchev–Trinajstić information content (AvgIpc) is 3.43. The fourth-order valence-electron chi connectivity index (χ4n) is 4.60. The van der Waals surface area contributed by atoms with E-state index < -0.39 is 11.9 Å². The van der Waals surface area contributed by atoms with Gasteiger partial charge in [-0.25, -0.2) is 4.39 Å². The largest absolute Gasteiger partial charge is 0.490 e. The summed E-state index contributed by atoms with van der Waals surface area (Å²) in [6.07, 6.45) is 1.90. The number of ether oxygens (including phenoxy) is 2. The maximum absolute atomic E-state index is 13.9. The highest BCUT2D eigenvalue weighted by atomic mass is 32.1. The van der Waals surface area contributed by atoms with Crippen molar-refractivity contribution in [3.05, 3.63) is 70.4 Å². The summed E-state index contributed by atoms with van der Waals surface area (Å²) in [6.45, 7) is 0.188. The van der Waals surface area contributed by atoms with Gasteiger partial charge in [0.1, 0.15) is 29.2 Å². The topological polar surface area (TPSA) is 110 Å². The van der Waals surface area contributed by atoms with Crippen molar-refractivity contribution in [1.29, 1.82) is 0 Å². The zero-order chi connectivity index (χ0) is 25.9. The molecule has 1 saturated heterocycles. The van der Waals surface area contributed by atoms with Crippen LogP contribution >= 0.6 is 11.3 Å². The number of nitrogens with zero attached hydrogens (tertiary/aromatic N) is 2. The van der Waals surface area contributed by atoms with E-state index in [1.165, 1.54) is 29.7 Å². The third-order valence-corrected chi connectivity index (χ3v) is 7.26. The molecule has 5 rings (SSSR count). The maximum Gasteiger partial charge on any atom is 0.267 e. The van der Waals surface area contributed by atoms with Crippen molar-refractivity contribution in [3.63, 3.8) is 0 Å². The predicted octanol–water partition coefficient (Wildman–Crippen LogP) is 3.94. The van der Waals surface area contributed by atoms with Crippen molar-refractivity contribution in [1.82, 2.24) is 9.88 Å². The first-order valence-electron chi connectivity index (χ1n) is 11.8. The number of para-hydroxylation sites is 1. The Bertz CT molecular complexity index is 1320. The monoisotopic (exact) mass is 524 g/mol. The minimum atomic E-state index is -0.501.